The molecule has 6 heteroatoms. The van der Waals surface area contributed by atoms with Gasteiger partial charge in [-0.15, -0.1) is 0 Å². The Morgan fingerprint density at radius 1 is 0.553 bits per heavy atom. The molecule has 0 amide bonds. The monoisotopic (exact) mass is 502 g/mol. The molecule has 0 saturated carbocycles. The molecule has 4 aromatic carbocycles. The van der Waals surface area contributed by atoms with Crippen molar-refractivity contribution in [2.75, 3.05) is 14.2 Å². The van der Waals surface area contributed by atoms with Crippen molar-refractivity contribution in [2.45, 2.75) is 25.7 Å². The molecule has 0 radical (unpaired) electrons. The Kier molecular flexibility index (Phi) is 6.64. The van der Waals surface area contributed by atoms with Crippen molar-refractivity contribution in [1.29, 1.82) is 10.5 Å². The fraction of sp³-hybridized carbons (Fsp3) is 0.188. The summed E-state index contributed by atoms with van der Waals surface area (Å²) in [4.78, 5) is 0. The Hall–Kier alpha value is -4.94. The Bertz CT molecular complexity index is 1430. The third kappa shape index (κ3) is 4.49. The van der Waals surface area contributed by atoms with Crippen molar-refractivity contribution < 1.29 is 19.7 Å². The van der Waals surface area contributed by atoms with Gasteiger partial charge in [0.1, 0.15) is 23.0 Å². The van der Waals surface area contributed by atoms with Crippen LogP contribution < -0.4 is 9.47 Å². The quantitative estimate of drug-likeness (QED) is 0.329. The first kappa shape index (κ1) is 24.7. The number of fused-ring (bicyclic) bond motifs is 8. The number of nitriles is 2. The summed E-state index contributed by atoms with van der Waals surface area (Å²) in [5, 5.41) is 42.1. The Labute approximate surface area is 221 Å². The molecular formula is C32H26N2O4. The zero-order valence-corrected chi connectivity index (χ0v) is 21.2. The van der Waals surface area contributed by atoms with Gasteiger partial charge in [0.15, 0.2) is 0 Å². The molecule has 188 valence electrons. The number of benzene rings is 4. The maximum absolute atomic E-state index is 11.3. The second-order valence-corrected chi connectivity index (χ2v) is 9.44. The topological polar surface area (TPSA) is 107 Å². The van der Waals surface area contributed by atoms with Gasteiger partial charge in [-0.3, -0.25) is 0 Å². The number of rotatable bonds is 2. The average molecular weight is 503 g/mol. The van der Waals surface area contributed by atoms with Gasteiger partial charge in [-0.1, -0.05) is 36.4 Å². The maximum Gasteiger partial charge on any atom is 0.125 e. The van der Waals surface area contributed by atoms with E-state index in [2.05, 4.69) is 12.1 Å². The van der Waals surface area contributed by atoms with Gasteiger partial charge in [0, 0.05) is 25.7 Å². The van der Waals surface area contributed by atoms with Gasteiger partial charge in [0.2, 0.25) is 0 Å². The minimum absolute atomic E-state index is 0.137. The van der Waals surface area contributed by atoms with Crippen LogP contribution in [0.5, 0.6) is 23.0 Å². The van der Waals surface area contributed by atoms with E-state index >= 15 is 0 Å². The molecule has 0 spiro atoms. The molecule has 2 N–H and O–H groups in total. The number of phenols is 2. The van der Waals surface area contributed by atoms with Gasteiger partial charge in [0.05, 0.1) is 37.5 Å². The molecule has 8 bridgehead atoms. The minimum atomic E-state index is 0.137. The number of hydrogen-bond donors (Lipinski definition) is 2. The van der Waals surface area contributed by atoms with Gasteiger partial charge in [-0.25, -0.2) is 0 Å². The molecule has 0 unspecified atom stereocenters. The van der Waals surface area contributed by atoms with Crippen LogP contribution >= 0.6 is 0 Å². The highest BCUT2D eigenvalue weighted by atomic mass is 16.5. The summed E-state index contributed by atoms with van der Waals surface area (Å²) in [6.07, 6.45) is 1.38. The number of phenolic OH excluding ortho intramolecular Hbond substituents is 2. The van der Waals surface area contributed by atoms with E-state index in [0.717, 1.165) is 22.3 Å². The first-order valence-electron chi connectivity index (χ1n) is 12.2. The van der Waals surface area contributed by atoms with Crippen molar-refractivity contribution in [3.05, 3.63) is 116 Å². The number of ether oxygens (including phenoxy) is 2. The van der Waals surface area contributed by atoms with E-state index in [0.29, 0.717) is 70.6 Å². The lowest BCUT2D eigenvalue weighted by molar-refractivity contribution is 0.404. The van der Waals surface area contributed by atoms with E-state index in [9.17, 15) is 20.7 Å². The van der Waals surface area contributed by atoms with Gasteiger partial charge in [-0.05, 0) is 68.8 Å². The summed E-state index contributed by atoms with van der Waals surface area (Å²) >= 11 is 0. The van der Waals surface area contributed by atoms with Crippen molar-refractivity contribution >= 4 is 0 Å². The highest BCUT2D eigenvalue weighted by molar-refractivity contribution is 5.58. The summed E-state index contributed by atoms with van der Waals surface area (Å²) in [5.74, 6) is 1.55. The summed E-state index contributed by atoms with van der Waals surface area (Å²) in [6, 6.07) is 22.8. The van der Waals surface area contributed by atoms with Gasteiger partial charge in [0.25, 0.3) is 0 Å². The molecule has 0 heterocycles. The normalized spacial score (nSPS) is 12.2. The summed E-state index contributed by atoms with van der Waals surface area (Å²) in [6.45, 7) is 0. The third-order valence-electron chi connectivity index (χ3n) is 7.08. The SMILES string of the molecule is COc1c2cccc1Cc1cc(C#N)cc(c1O)Cc1cccc(c1OC)Cc1cc(C#N)cc(c1O)C2. The predicted molar refractivity (Wildman–Crippen MR) is 143 cm³/mol. The molecule has 1 aliphatic carbocycles. The van der Waals surface area contributed by atoms with E-state index in [1.54, 1.807) is 38.5 Å². The van der Waals surface area contributed by atoms with Crippen molar-refractivity contribution in [1.82, 2.24) is 0 Å². The Morgan fingerprint density at radius 2 is 0.842 bits per heavy atom. The molecule has 6 nitrogen and oxygen atoms in total. The van der Waals surface area contributed by atoms with E-state index in [-0.39, 0.29) is 11.5 Å². The third-order valence-corrected chi connectivity index (χ3v) is 7.08. The molecule has 38 heavy (non-hydrogen) atoms. The van der Waals surface area contributed by atoms with Crippen LogP contribution in [0.4, 0.5) is 0 Å². The zero-order valence-electron chi connectivity index (χ0n) is 21.2. The number of methoxy groups -OCH3 is 2. The predicted octanol–water partition coefficient (Wildman–Crippen LogP) is 5.53. The molecule has 0 atom stereocenters. The zero-order chi connectivity index (χ0) is 26.8. The number of para-hydroxylation sites is 2. The minimum Gasteiger partial charge on any atom is -0.507 e. The van der Waals surface area contributed by atoms with Crippen molar-refractivity contribution in [3.8, 4) is 35.1 Å². The molecule has 0 aliphatic heterocycles. The summed E-state index contributed by atoms with van der Waals surface area (Å²) in [7, 11) is 3.18. The van der Waals surface area contributed by atoms with E-state index in [1.807, 2.05) is 36.4 Å². The maximum atomic E-state index is 11.3. The fourth-order valence-electron chi connectivity index (χ4n) is 5.37. The highest BCUT2D eigenvalue weighted by Gasteiger charge is 2.21. The van der Waals surface area contributed by atoms with Gasteiger partial charge >= 0.3 is 0 Å². The van der Waals surface area contributed by atoms with Crippen LogP contribution in [0.25, 0.3) is 0 Å². The van der Waals surface area contributed by atoms with E-state index < -0.39 is 0 Å². The van der Waals surface area contributed by atoms with Gasteiger partial charge in [-0.2, -0.15) is 10.5 Å². The smallest absolute Gasteiger partial charge is 0.125 e. The highest BCUT2D eigenvalue weighted by Crippen LogP contribution is 2.38. The van der Waals surface area contributed by atoms with Crippen LogP contribution in [-0.2, 0) is 25.7 Å². The van der Waals surface area contributed by atoms with Crippen LogP contribution in [0.3, 0.4) is 0 Å². The summed E-state index contributed by atoms with van der Waals surface area (Å²) < 4.78 is 11.6. The molecule has 0 saturated heterocycles. The second-order valence-electron chi connectivity index (χ2n) is 9.44. The van der Waals surface area contributed by atoms with Crippen molar-refractivity contribution in [3.63, 3.8) is 0 Å². The van der Waals surface area contributed by atoms with Gasteiger partial charge < -0.3 is 19.7 Å². The Morgan fingerprint density at radius 3 is 1.08 bits per heavy atom. The molecule has 0 aromatic heterocycles. The lowest BCUT2D eigenvalue weighted by Gasteiger charge is -2.19. The molecular weight excluding hydrogens is 476 g/mol. The molecule has 1 aliphatic rings. The largest absolute Gasteiger partial charge is 0.507 e. The summed E-state index contributed by atoms with van der Waals surface area (Å²) in [5.41, 5.74) is 6.75. The average Bonchev–Trinajstić information content (AvgIpc) is 2.92. The second kappa shape index (κ2) is 10.2. The lowest BCUT2D eigenvalue weighted by Crippen LogP contribution is -2.04. The number of nitrogens with zero attached hydrogens (tertiary/aromatic N) is 2. The molecule has 0 fully saturated rings. The molecule has 5 rings (SSSR count). The van der Waals surface area contributed by atoms with E-state index in [4.69, 9.17) is 9.47 Å². The standard InChI is InChI=1S/C32H26N2O4/c1-37-31-21-5-3-6-22(31)14-26-10-20(18-34)12-28(30(26)36)16-24-8-4-7-23(32(24)38-2)15-27-11-19(17-33)9-25(13-21)29(27)35/h3-12,35-36H,13-16H2,1-2H3. The molecule has 4 aromatic rings. The number of aromatic hydroxyl groups is 2. The van der Waals surface area contributed by atoms with Crippen LogP contribution in [0.15, 0.2) is 60.7 Å². The van der Waals surface area contributed by atoms with Crippen LogP contribution in [-0.4, -0.2) is 24.4 Å². The number of hydrogen-bond acceptors (Lipinski definition) is 6. The first-order valence-corrected chi connectivity index (χ1v) is 12.2. The van der Waals surface area contributed by atoms with Crippen LogP contribution in [0.2, 0.25) is 0 Å². The van der Waals surface area contributed by atoms with E-state index in [1.165, 1.54) is 0 Å². The van der Waals surface area contributed by atoms with Crippen molar-refractivity contribution in [2.24, 2.45) is 0 Å². The first-order chi connectivity index (χ1) is 18.4. The van der Waals surface area contributed by atoms with Crippen LogP contribution in [0.1, 0.15) is 55.6 Å². The fourth-order valence-corrected chi connectivity index (χ4v) is 5.37. The van der Waals surface area contributed by atoms with Crippen LogP contribution in [0, 0.1) is 22.7 Å². The lowest BCUT2D eigenvalue weighted by atomic mass is 9.90. The Balaban J connectivity index is 1.80.